The quantitative estimate of drug-likeness (QED) is 0.754. The molecule has 0 spiro atoms. The molecule has 2 aromatic carbocycles. The van der Waals surface area contributed by atoms with Crippen molar-refractivity contribution in [1.82, 2.24) is 4.90 Å². The number of carbonyl (C=O) groups is 1. The predicted molar refractivity (Wildman–Crippen MR) is 94.8 cm³/mol. The van der Waals surface area contributed by atoms with Crippen LogP contribution in [-0.2, 0) is 0 Å². The molecule has 0 radical (unpaired) electrons. The van der Waals surface area contributed by atoms with Gasteiger partial charge in [0, 0.05) is 24.1 Å². The van der Waals surface area contributed by atoms with Crippen LogP contribution in [0, 0.1) is 11.7 Å². The Morgan fingerprint density at radius 2 is 1.71 bits per heavy atom. The van der Waals surface area contributed by atoms with E-state index in [0.717, 1.165) is 42.3 Å². The molecule has 2 aromatic rings. The van der Waals surface area contributed by atoms with Crippen LogP contribution in [0.3, 0.4) is 0 Å². The highest BCUT2D eigenvalue weighted by molar-refractivity contribution is 6.01. The second kappa shape index (κ2) is 6.64. The Kier molecular flexibility index (Phi) is 4.36. The largest absolute Gasteiger partial charge is 0.300 e. The Morgan fingerprint density at radius 3 is 2.54 bits per heavy atom. The number of Topliss-reactive ketones (excluding diaryl/α,β-unsaturated/α-hetero) is 1. The molecule has 0 aromatic heterocycles. The molecule has 126 valence electrons. The normalized spacial score (nSPS) is 23.0. The van der Waals surface area contributed by atoms with Gasteiger partial charge in [-0.2, -0.15) is 0 Å². The predicted octanol–water partition coefficient (Wildman–Crippen LogP) is 4.82. The molecule has 3 heteroatoms. The maximum absolute atomic E-state index is 13.3. The lowest BCUT2D eigenvalue weighted by Gasteiger charge is -2.36. The van der Waals surface area contributed by atoms with Crippen LogP contribution in [0.1, 0.15) is 48.9 Å². The lowest BCUT2D eigenvalue weighted by Crippen LogP contribution is -2.43. The van der Waals surface area contributed by atoms with E-state index < -0.39 is 0 Å². The first-order valence-electron chi connectivity index (χ1n) is 9.18. The molecule has 1 aliphatic heterocycles. The van der Waals surface area contributed by atoms with E-state index >= 15 is 0 Å². The molecule has 0 N–H and O–H groups in total. The summed E-state index contributed by atoms with van der Waals surface area (Å²) < 4.78 is 13.3. The number of fused-ring (bicyclic) bond motifs is 1. The van der Waals surface area contributed by atoms with Crippen molar-refractivity contribution < 1.29 is 9.18 Å². The molecule has 1 heterocycles. The summed E-state index contributed by atoms with van der Waals surface area (Å²) in [5.74, 6) is 0.127. The van der Waals surface area contributed by atoms with Gasteiger partial charge in [0.15, 0.2) is 5.78 Å². The molecule has 24 heavy (non-hydrogen) atoms. The summed E-state index contributed by atoms with van der Waals surface area (Å²) >= 11 is 0. The van der Waals surface area contributed by atoms with Crippen molar-refractivity contribution in [3.8, 4) is 0 Å². The number of nitrogens with zero attached hydrogens (tertiary/aromatic N) is 1. The van der Waals surface area contributed by atoms with Crippen LogP contribution in [0.5, 0.6) is 0 Å². The smallest absolute Gasteiger partial charge is 0.167 e. The highest BCUT2D eigenvalue weighted by Crippen LogP contribution is 2.29. The minimum absolute atomic E-state index is 0.109. The summed E-state index contributed by atoms with van der Waals surface area (Å²) in [6.07, 6.45) is 7.36. The van der Waals surface area contributed by atoms with Gasteiger partial charge in [0.1, 0.15) is 5.82 Å². The first kappa shape index (κ1) is 15.8. The zero-order valence-corrected chi connectivity index (χ0v) is 14.0. The van der Waals surface area contributed by atoms with Crippen molar-refractivity contribution >= 4 is 16.6 Å². The number of likely N-dealkylation sites (tertiary alicyclic amines) is 1. The maximum Gasteiger partial charge on any atom is 0.167 e. The molecule has 2 aliphatic rings. The standard InChI is InChI=1S/C21H24FNO/c22-19-10-9-15-12-17(8-7-16(15)13-19)21(24)18-4-3-11-23(14-18)20-5-1-2-6-20/h7-10,12-13,18,20H,1-6,11,14H2. The molecular formula is C21H24FNO. The van der Waals surface area contributed by atoms with Gasteiger partial charge < -0.3 is 0 Å². The van der Waals surface area contributed by atoms with Crippen molar-refractivity contribution in [3.63, 3.8) is 0 Å². The zero-order chi connectivity index (χ0) is 16.5. The Labute approximate surface area is 142 Å². The molecule has 1 saturated heterocycles. The van der Waals surface area contributed by atoms with Gasteiger partial charge in [0.25, 0.3) is 0 Å². The van der Waals surface area contributed by atoms with E-state index in [1.54, 1.807) is 6.07 Å². The van der Waals surface area contributed by atoms with Crippen LogP contribution < -0.4 is 0 Å². The van der Waals surface area contributed by atoms with Crippen LogP contribution >= 0.6 is 0 Å². The maximum atomic E-state index is 13.3. The van der Waals surface area contributed by atoms with E-state index in [4.69, 9.17) is 0 Å². The van der Waals surface area contributed by atoms with E-state index in [2.05, 4.69) is 4.90 Å². The van der Waals surface area contributed by atoms with Gasteiger partial charge in [0.2, 0.25) is 0 Å². The molecule has 1 unspecified atom stereocenters. The second-order valence-corrected chi connectivity index (χ2v) is 7.34. The minimum atomic E-state index is -0.235. The third-order valence-corrected chi connectivity index (χ3v) is 5.75. The average molecular weight is 325 g/mol. The first-order chi connectivity index (χ1) is 11.7. The number of carbonyl (C=O) groups excluding carboxylic acids is 1. The van der Waals surface area contributed by atoms with Crippen LogP contribution in [0.15, 0.2) is 36.4 Å². The average Bonchev–Trinajstić information content (AvgIpc) is 3.15. The summed E-state index contributed by atoms with van der Waals surface area (Å²) in [5, 5.41) is 1.79. The molecule has 0 bridgehead atoms. The summed E-state index contributed by atoms with van der Waals surface area (Å²) in [4.78, 5) is 15.5. The fourth-order valence-electron chi connectivity index (χ4n) is 4.43. The summed E-state index contributed by atoms with van der Waals surface area (Å²) in [7, 11) is 0. The van der Waals surface area contributed by atoms with E-state index in [1.165, 1.54) is 37.8 Å². The lowest BCUT2D eigenvalue weighted by atomic mass is 9.88. The number of hydrogen-bond donors (Lipinski definition) is 0. The van der Waals surface area contributed by atoms with Crippen molar-refractivity contribution in [2.24, 2.45) is 5.92 Å². The van der Waals surface area contributed by atoms with Gasteiger partial charge >= 0.3 is 0 Å². The fourth-order valence-corrected chi connectivity index (χ4v) is 4.43. The first-order valence-corrected chi connectivity index (χ1v) is 9.18. The van der Waals surface area contributed by atoms with E-state index in [0.29, 0.717) is 6.04 Å². The van der Waals surface area contributed by atoms with Gasteiger partial charge in [-0.3, -0.25) is 9.69 Å². The summed E-state index contributed by atoms with van der Waals surface area (Å²) in [6, 6.07) is 11.1. The molecular weight excluding hydrogens is 301 g/mol. The van der Waals surface area contributed by atoms with E-state index in [1.807, 2.05) is 18.2 Å². The van der Waals surface area contributed by atoms with Gasteiger partial charge in [-0.1, -0.05) is 31.0 Å². The molecule has 1 atom stereocenters. The third-order valence-electron chi connectivity index (χ3n) is 5.75. The lowest BCUT2D eigenvalue weighted by molar-refractivity contribution is 0.0757. The van der Waals surface area contributed by atoms with Gasteiger partial charge in [-0.05, 0) is 61.2 Å². The highest BCUT2D eigenvalue weighted by atomic mass is 19.1. The van der Waals surface area contributed by atoms with Gasteiger partial charge in [-0.25, -0.2) is 4.39 Å². The molecule has 1 aliphatic carbocycles. The number of piperidine rings is 1. The Balaban J connectivity index is 1.53. The van der Waals surface area contributed by atoms with Crippen LogP contribution in [0.25, 0.3) is 10.8 Å². The topological polar surface area (TPSA) is 20.3 Å². The molecule has 2 fully saturated rings. The summed E-state index contributed by atoms with van der Waals surface area (Å²) in [5.41, 5.74) is 0.771. The van der Waals surface area contributed by atoms with E-state index in [9.17, 15) is 9.18 Å². The van der Waals surface area contributed by atoms with Crippen molar-refractivity contribution in [2.45, 2.75) is 44.6 Å². The number of benzene rings is 2. The number of hydrogen-bond acceptors (Lipinski definition) is 2. The zero-order valence-electron chi connectivity index (χ0n) is 14.0. The van der Waals surface area contributed by atoms with E-state index in [-0.39, 0.29) is 17.5 Å². The second-order valence-electron chi connectivity index (χ2n) is 7.34. The number of ketones is 1. The molecule has 2 nitrogen and oxygen atoms in total. The molecule has 1 saturated carbocycles. The summed E-state index contributed by atoms with van der Waals surface area (Å²) in [6.45, 7) is 2.05. The van der Waals surface area contributed by atoms with Crippen molar-refractivity contribution in [2.75, 3.05) is 13.1 Å². The minimum Gasteiger partial charge on any atom is -0.300 e. The fraction of sp³-hybridized carbons (Fsp3) is 0.476. The van der Waals surface area contributed by atoms with Gasteiger partial charge in [-0.15, -0.1) is 0 Å². The number of rotatable bonds is 3. The van der Waals surface area contributed by atoms with Crippen LogP contribution in [0.2, 0.25) is 0 Å². The molecule has 4 rings (SSSR count). The Bertz CT molecular complexity index is 751. The monoisotopic (exact) mass is 325 g/mol. The van der Waals surface area contributed by atoms with Crippen LogP contribution in [-0.4, -0.2) is 29.8 Å². The SMILES string of the molecule is O=C(c1ccc2cc(F)ccc2c1)C1CCCN(C2CCCC2)C1. The van der Waals surface area contributed by atoms with Crippen LogP contribution in [0.4, 0.5) is 4.39 Å². The third kappa shape index (κ3) is 3.10. The van der Waals surface area contributed by atoms with Crippen molar-refractivity contribution in [1.29, 1.82) is 0 Å². The van der Waals surface area contributed by atoms with Crippen molar-refractivity contribution in [3.05, 3.63) is 47.8 Å². The Morgan fingerprint density at radius 1 is 0.958 bits per heavy atom. The Hall–Kier alpha value is -1.74. The number of halogens is 1. The molecule has 0 amide bonds. The highest BCUT2D eigenvalue weighted by Gasteiger charge is 2.31. The van der Waals surface area contributed by atoms with Gasteiger partial charge in [0.05, 0.1) is 0 Å².